The largest absolute Gasteiger partial charge is 0.396 e. The molecule has 0 amide bonds. The lowest BCUT2D eigenvalue weighted by Gasteiger charge is -2.34. The zero-order valence-electron chi connectivity index (χ0n) is 11.7. The van der Waals surface area contributed by atoms with E-state index in [9.17, 15) is 5.11 Å². The Hall–Kier alpha value is -0.770. The summed E-state index contributed by atoms with van der Waals surface area (Å²) in [5.74, 6) is 0.376. The van der Waals surface area contributed by atoms with Crippen LogP contribution in [-0.4, -0.2) is 31.9 Å². The van der Waals surface area contributed by atoms with Gasteiger partial charge in [-0.3, -0.25) is 0 Å². The van der Waals surface area contributed by atoms with Crippen molar-refractivity contribution in [3.8, 4) is 0 Å². The summed E-state index contributed by atoms with van der Waals surface area (Å²) in [6, 6.07) is 6.58. The molecule has 3 nitrogen and oxygen atoms in total. The summed E-state index contributed by atoms with van der Waals surface area (Å²) in [5, 5.41) is 13.3. The molecule has 19 heavy (non-hydrogen) atoms. The van der Waals surface area contributed by atoms with Gasteiger partial charge in [0, 0.05) is 25.7 Å². The third-order valence-corrected chi connectivity index (χ3v) is 4.33. The van der Waals surface area contributed by atoms with Gasteiger partial charge in [-0.05, 0) is 50.4 Å². The Kier molecular flexibility index (Phi) is 5.08. The summed E-state index contributed by atoms with van der Waals surface area (Å²) in [7, 11) is 1.95. The minimum absolute atomic E-state index is 0.267. The monoisotopic (exact) mass is 282 g/mol. The van der Waals surface area contributed by atoms with Crippen LogP contribution >= 0.6 is 11.6 Å². The van der Waals surface area contributed by atoms with Crippen LogP contribution in [0.15, 0.2) is 18.2 Å². The van der Waals surface area contributed by atoms with E-state index in [2.05, 4.69) is 29.3 Å². The van der Waals surface area contributed by atoms with E-state index in [-0.39, 0.29) is 6.61 Å². The van der Waals surface area contributed by atoms with E-state index in [0.29, 0.717) is 12.0 Å². The molecule has 0 aliphatic carbocycles. The van der Waals surface area contributed by atoms with Crippen LogP contribution in [0.5, 0.6) is 0 Å². The summed E-state index contributed by atoms with van der Waals surface area (Å²) in [6.45, 7) is 4.31. The molecule has 0 aromatic heterocycles. The molecular formula is C15H23ClN2O. The molecule has 0 radical (unpaired) electrons. The molecule has 1 aromatic rings. The van der Waals surface area contributed by atoms with Crippen molar-refractivity contribution in [3.63, 3.8) is 0 Å². The second-order valence-corrected chi connectivity index (χ2v) is 5.77. The van der Waals surface area contributed by atoms with E-state index in [4.69, 9.17) is 11.6 Å². The predicted molar refractivity (Wildman–Crippen MR) is 80.9 cm³/mol. The van der Waals surface area contributed by atoms with E-state index in [1.165, 1.54) is 5.56 Å². The van der Waals surface area contributed by atoms with Crippen LogP contribution in [0.3, 0.4) is 0 Å². The molecule has 2 atom stereocenters. The van der Waals surface area contributed by atoms with Crippen molar-refractivity contribution < 1.29 is 5.11 Å². The highest BCUT2D eigenvalue weighted by Gasteiger charge is 2.21. The van der Waals surface area contributed by atoms with Gasteiger partial charge in [0.1, 0.15) is 0 Å². The average Bonchev–Trinajstić information content (AvgIpc) is 2.46. The van der Waals surface area contributed by atoms with E-state index in [1.54, 1.807) is 0 Å². The second kappa shape index (κ2) is 6.60. The van der Waals surface area contributed by atoms with Crippen molar-refractivity contribution >= 4 is 17.3 Å². The number of nitrogens with zero attached hydrogens (tertiary/aromatic N) is 1. The van der Waals surface area contributed by atoms with Gasteiger partial charge in [0.2, 0.25) is 0 Å². The summed E-state index contributed by atoms with van der Waals surface area (Å²) in [4.78, 5) is 2.29. The molecule has 1 aromatic carbocycles. The first-order chi connectivity index (χ1) is 9.15. The van der Waals surface area contributed by atoms with Crippen LogP contribution < -0.4 is 10.2 Å². The molecule has 0 spiro atoms. The molecule has 106 valence electrons. The van der Waals surface area contributed by atoms with Gasteiger partial charge in [0.05, 0.1) is 10.7 Å². The molecule has 0 bridgehead atoms. The number of anilines is 1. The predicted octanol–water partition coefficient (Wildman–Crippen LogP) is 2.83. The molecule has 1 heterocycles. The van der Waals surface area contributed by atoms with Gasteiger partial charge < -0.3 is 15.3 Å². The quantitative estimate of drug-likeness (QED) is 0.891. The maximum Gasteiger partial charge on any atom is 0.0642 e. The Morgan fingerprint density at radius 2 is 2.32 bits per heavy atom. The number of aliphatic hydroxyl groups is 1. The maximum atomic E-state index is 9.31. The van der Waals surface area contributed by atoms with Crippen molar-refractivity contribution in [2.75, 3.05) is 31.6 Å². The zero-order chi connectivity index (χ0) is 13.8. The fourth-order valence-electron chi connectivity index (χ4n) is 2.65. The molecule has 1 aliphatic rings. The Balaban J connectivity index is 2.16. The summed E-state index contributed by atoms with van der Waals surface area (Å²) >= 11 is 6.42. The SMILES string of the molecule is CNC(C)c1ccc(N2CCCC(CO)C2)c(Cl)c1. The Labute approximate surface area is 120 Å². The highest BCUT2D eigenvalue weighted by Crippen LogP contribution is 2.31. The minimum atomic E-state index is 0.267. The lowest BCUT2D eigenvalue weighted by Crippen LogP contribution is -2.37. The number of rotatable bonds is 4. The normalized spacial score (nSPS) is 21.5. The van der Waals surface area contributed by atoms with Crippen LogP contribution in [0.4, 0.5) is 5.69 Å². The summed E-state index contributed by atoms with van der Waals surface area (Å²) < 4.78 is 0. The van der Waals surface area contributed by atoms with Gasteiger partial charge >= 0.3 is 0 Å². The molecule has 1 fully saturated rings. The zero-order valence-corrected chi connectivity index (χ0v) is 12.5. The number of nitrogens with one attached hydrogen (secondary N) is 1. The molecular weight excluding hydrogens is 260 g/mol. The highest BCUT2D eigenvalue weighted by molar-refractivity contribution is 6.33. The first-order valence-electron chi connectivity index (χ1n) is 6.98. The molecule has 0 saturated carbocycles. The van der Waals surface area contributed by atoms with Crippen LogP contribution in [0.25, 0.3) is 0 Å². The number of piperidine rings is 1. The van der Waals surface area contributed by atoms with Crippen molar-refractivity contribution in [1.82, 2.24) is 5.32 Å². The first kappa shape index (κ1) is 14.6. The van der Waals surface area contributed by atoms with Gasteiger partial charge in [0.25, 0.3) is 0 Å². The van der Waals surface area contributed by atoms with E-state index in [0.717, 1.165) is 36.6 Å². The second-order valence-electron chi connectivity index (χ2n) is 5.36. The highest BCUT2D eigenvalue weighted by atomic mass is 35.5. The van der Waals surface area contributed by atoms with E-state index >= 15 is 0 Å². The van der Waals surface area contributed by atoms with Crippen molar-refractivity contribution in [2.45, 2.75) is 25.8 Å². The average molecular weight is 283 g/mol. The summed E-state index contributed by atoms with van der Waals surface area (Å²) in [6.07, 6.45) is 2.23. The van der Waals surface area contributed by atoms with Crippen LogP contribution in [-0.2, 0) is 0 Å². The van der Waals surface area contributed by atoms with Crippen molar-refractivity contribution in [2.24, 2.45) is 5.92 Å². The van der Waals surface area contributed by atoms with Crippen molar-refractivity contribution in [3.05, 3.63) is 28.8 Å². The Morgan fingerprint density at radius 1 is 1.53 bits per heavy atom. The molecule has 4 heteroatoms. The Bertz CT molecular complexity index is 425. The molecule has 1 saturated heterocycles. The van der Waals surface area contributed by atoms with E-state index in [1.807, 2.05) is 13.1 Å². The third kappa shape index (κ3) is 3.41. The van der Waals surface area contributed by atoms with Gasteiger partial charge in [-0.2, -0.15) is 0 Å². The number of aliphatic hydroxyl groups excluding tert-OH is 1. The van der Waals surface area contributed by atoms with Crippen LogP contribution in [0.1, 0.15) is 31.4 Å². The number of hydrogen-bond acceptors (Lipinski definition) is 3. The van der Waals surface area contributed by atoms with Gasteiger partial charge in [-0.1, -0.05) is 17.7 Å². The summed E-state index contributed by atoms with van der Waals surface area (Å²) in [5.41, 5.74) is 2.29. The van der Waals surface area contributed by atoms with Gasteiger partial charge in [-0.15, -0.1) is 0 Å². The standard InChI is InChI=1S/C15H23ClN2O/c1-11(17-2)13-5-6-15(14(16)8-13)18-7-3-4-12(9-18)10-19/h5-6,8,11-12,17,19H,3-4,7,9-10H2,1-2H3. The fourth-order valence-corrected chi connectivity index (χ4v) is 2.96. The molecule has 2 unspecified atom stereocenters. The maximum absolute atomic E-state index is 9.31. The lowest BCUT2D eigenvalue weighted by molar-refractivity contribution is 0.209. The smallest absolute Gasteiger partial charge is 0.0642 e. The molecule has 2 rings (SSSR count). The lowest BCUT2D eigenvalue weighted by atomic mass is 9.98. The van der Waals surface area contributed by atoms with Gasteiger partial charge in [0.15, 0.2) is 0 Å². The number of halogens is 1. The number of benzene rings is 1. The minimum Gasteiger partial charge on any atom is -0.396 e. The van der Waals surface area contributed by atoms with Gasteiger partial charge in [-0.25, -0.2) is 0 Å². The fraction of sp³-hybridized carbons (Fsp3) is 0.600. The third-order valence-electron chi connectivity index (χ3n) is 4.02. The van der Waals surface area contributed by atoms with Crippen molar-refractivity contribution in [1.29, 1.82) is 0 Å². The van der Waals surface area contributed by atoms with Crippen LogP contribution in [0.2, 0.25) is 5.02 Å². The molecule has 2 N–H and O–H groups in total. The number of hydrogen-bond donors (Lipinski definition) is 2. The molecule has 1 aliphatic heterocycles. The van der Waals surface area contributed by atoms with Crippen LogP contribution in [0, 0.1) is 5.92 Å². The Morgan fingerprint density at radius 3 is 2.95 bits per heavy atom. The topological polar surface area (TPSA) is 35.5 Å². The van der Waals surface area contributed by atoms with E-state index < -0.39 is 0 Å². The first-order valence-corrected chi connectivity index (χ1v) is 7.36.